The van der Waals surface area contributed by atoms with Gasteiger partial charge in [0.15, 0.2) is 0 Å². The summed E-state index contributed by atoms with van der Waals surface area (Å²) in [6, 6.07) is 11.5. The maximum atomic E-state index is 13.0. The van der Waals surface area contributed by atoms with Crippen LogP contribution in [-0.4, -0.2) is 12.5 Å². The van der Waals surface area contributed by atoms with Gasteiger partial charge < -0.3 is 10.1 Å². The summed E-state index contributed by atoms with van der Waals surface area (Å²) in [5, 5.41) is 2.46. The largest absolute Gasteiger partial charge is 0.434 e. The highest BCUT2D eigenvalue weighted by Crippen LogP contribution is 2.21. The number of hydrogen-bond acceptors (Lipinski definition) is 2. The molecule has 2 rings (SSSR count). The van der Waals surface area contributed by atoms with E-state index >= 15 is 0 Å². The van der Waals surface area contributed by atoms with Crippen molar-refractivity contribution in [3.05, 3.63) is 66.0 Å². The van der Waals surface area contributed by atoms with E-state index in [4.69, 9.17) is 0 Å². The fourth-order valence-electron chi connectivity index (χ4n) is 1.74. The van der Waals surface area contributed by atoms with Gasteiger partial charge in [0.25, 0.3) is 0 Å². The molecule has 1 amide bonds. The van der Waals surface area contributed by atoms with Gasteiger partial charge in [0.2, 0.25) is 5.91 Å². The molecular weight excluding hydrogens is 295 g/mol. The first-order chi connectivity index (χ1) is 10.5. The summed E-state index contributed by atoms with van der Waals surface area (Å²) in [4.78, 5) is 11.7. The second-order valence-corrected chi connectivity index (χ2v) is 4.25. The number of carbonyl (C=O) groups is 1. The van der Waals surface area contributed by atoms with Gasteiger partial charge in [-0.15, -0.1) is 0 Å². The summed E-state index contributed by atoms with van der Waals surface area (Å²) in [7, 11) is 0. The van der Waals surface area contributed by atoms with Crippen molar-refractivity contribution in [3.8, 4) is 5.75 Å². The third-order valence-corrected chi connectivity index (χ3v) is 2.64. The van der Waals surface area contributed by atoms with Crippen LogP contribution >= 0.6 is 0 Å². The number of nitrogens with one attached hydrogen (secondary N) is 1. The van der Waals surface area contributed by atoms with Gasteiger partial charge in [-0.3, -0.25) is 4.79 Å². The van der Waals surface area contributed by atoms with Crippen LogP contribution in [0.5, 0.6) is 5.75 Å². The third-order valence-electron chi connectivity index (χ3n) is 2.64. The molecule has 0 bridgehead atoms. The van der Waals surface area contributed by atoms with E-state index in [2.05, 4.69) is 10.1 Å². The first-order valence-corrected chi connectivity index (χ1v) is 6.33. The standard InChI is InChI=1S/C16H12F3NO2/c17-12-5-3-6-13(10-12)20-15(21)9-8-11-4-1-2-7-14(11)22-16(18)19/h1-10,16H,(H,20,21)/b9-8+. The minimum absolute atomic E-state index is 0.0349. The van der Waals surface area contributed by atoms with E-state index in [0.717, 1.165) is 6.08 Å². The van der Waals surface area contributed by atoms with E-state index < -0.39 is 18.3 Å². The Morgan fingerprint density at radius 1 is 1.14 bits per heavy atom. The first kappa shape index (κ1) is 15.6. The van der Waals surface area contributed by atoms with E-state index in [9.17, 15) is 18.0 Å². The molecule has 0 saturated heterocycles. The van der Waals surface area contributed by atoms with Crippen molar-refractivity contribution in [2.75, 3.05) is 5.32 Å². The third kappa shape index (κ3) is 4.66. The Kier molecular flexibility index (Phi) is 5.19. The summed E-state index contributed by atoms with van der Waals surface area (Å²) in [6.07, 6.45) is 2.49. The minimum Gasteiger partial charge on any atom is -0.434 e. The molecule has 0 aliphatic heterocycles. The SMILES string of the molecule is O=C(/C=C/c1ccccc1OC(F)F)Nc1cccc(F)c1. The Morgan fingerprint density at radius 3 is 2.64 bits per heavy atom. The Labute approximate surface area is 125 Å². The molecule has 0 atom stereocenters. The van der Waals surface area contributed by atoms with Crippen molar-refractivity contribution in [2.45, 2.75) is 6.61 Å². The number of hydrogen-bond donors (Lipinski definition) is 1. The summed E-state index contributed by atoms with van der Waals surface area (Å²) in [5.74, 6) is -1.03. The zero-order chi connectivity index (χ0) is 15.9. The van der Waals surface area contributed by atoms with Crippen LogP contribution in [0.4, 0.5) is 18.9 Å². The Morgan fingerprint density at radius 2 is 1.91 bits per heavy atom. The van der Waals surface area contributed by atoms with Crippen molar-refractivity contribution in [1.82, 2.24) is 0 Å². The summed E-state index contributed by atoms with van der Waals surface area (Å²) in [6.45, 7) is -2.95. The van der Waals surface area contributed by atoms with E-state index in [1.807, 2.05) is 0 Å². The summed E-state index contributed by atoms with van der Waals surface area (Å²) in [5.41, 5.74) is 0.629. The number of para-hydroxylation sites is 1. The van der Waals surface area contributed by atoms with Crippen LogP contribution < -0.4 is 10.1 Å². The van der Waals surface area contributed by atoms with Gasteiger partial charge in [-0.05, 0) is 30.3 Å². The molecule has 0 aromatic heterocycles. The number of anilines is 1. The van der Waals surface area contributed by atoms with Gasteiger partial charge in [-0.1, -0.05) is 24.3 Å². The van der Waals surface area contributed by atoms with Crippen LogP contribution in [0.25, 0.3) is 6.08 Å². The molecule has 3 nitrogen and oxygen atoms in total. The highest BCUT2D eigenvalue weighted by atomic mass is 19.3. The van der Waals surface area contributed by atoms with Crippen molar-refractivity contribution >= 4 is 17.7 Å². The number of halogens is 3. The lowest BCUT2D eigenvalue weighted by Gasteiger charge is -2.07. The molecule has 6 heteroatoms. The average molecular weight is 307 g/mol. The van der Waals surface area contributed by atoms with Crippen LogP contribution in [-0.2, 0) is 4.79 Å². The number of ether oxygens (including phenoxy) is 1. The summed E-state index contributed by atoms with van der Waals surface area (Å²) < 4.78 is 41.9. The van der Waals surface area contributed by atoms with E-state index in [1.165, 1.54) is 42.5 Å². The predicted octanol–water partition coefficient (Wildman–Crippen LogP) is 4.08. The molecule has 0 heterocycles. The Hall–Kier alpha value is -2.76. The molecule has 1 N–H and O–H groups in total. The van der Waals surface area contributed by atoms with Crippen molar-refractivity contribution in [2.24, 2.45) is 0 Å². The van der Waals surface area contributed by atoms with Crippen molar-refractivity contribution in [3.63, 3.8) is 0 Å². The van der Waals surface area contributed by atoms with Crippen LogP contribution in [0.15, 0.2) is 54.6 Å². The average Bonchev–Trinajstić information content (AvgIpc) is 2.46. The number of carbonyl (C=O) groups excluding carboxylic acids is 1. The molecule has 0 fully saturated rings. The second-order valence-electron chi connectivity index (χ2n) is 4.25. The van der Waals surface area contributed by atoms with Gasteiger partial charge in [-0.25, -0.2) is 4.39 Å². The smallest absolute Gasteiger partial charge is 0.387 e. The lowest BCUT2D eigenvalue weighted by atomic mass is 10.2. The van der Waals surface area contributed by atoms with E-state index in [0.29, 0.717) is 11.3 Å². The highest BCUT2D eigenvalue weighted by molar-refractivity contribution is 6.02. The maximum Gasteiger partial charge on any atom is 0.387 e. The topological polar surface area (TPSA) is 38.3 Å². The van der Waals surface area contributed by atoms with Crippen LogP contribution in [0.1, 0.15) is 5.56 Å². The molecular formula is C16H12F3NO2. The lowest BCUT2D eigenvalue weighted by Crippen LogP contribution is -2.08. The lowest BCUT2D eigenvalue weighted by molar-refractivity contribution is -0.111. The molecule has 0 unspecified atom stereocenters. The number of alkyl halides is 2. The number of rotatable bonds is 5. The maximum absolute atomic E-state index is 13.0. The van der Waals surface area contributed by atoms with Crippen LogP contribution in [0.2, 0.25) is 0 Å². The molecule has 0 radical (unpaired) electrons. The number of benzene rings is 2. The Bertz CT molecular complexity index is 687. The van der Waals surface area contributed by atoms with Crippen LogP contribution in [0, 0.1) is 5.82 Å². The van der Waals surface area contributed by atoms with Gasteiger partial charge in [0.1, 0.15) is 11.6 Å². The minimum atomic E-state index is -2.95. The normalized spacial score (nSPS) is 10.9. The molecule has 114 valence electrons. The van der Waals surface area contributed by atoms with Gasteiger partial charge in [0.05, 0.1) is 0 Å². The van der Waals surface area contributed by atoms with Crippen molar-refractivity contribution in [1.29, 1.82) is 0 Å². The molecule has 22 heavy (non-hydrogen) atoms. The van der Waals surface area contributed by atoms with Gasteiger partial charge in [0, 0.05) is 17.3 Å². The number of amides is 1. The molecule has 0 spiro atoms. The van der Waals surface area contributed by atoms with E-state index in [-0.39, 0.29) is 5.75 Å². The fraction of sp³-hybridized carbons (Fsp3) is 0.0625. The Balaban J connectivity index is 2.07. The highest BCUT2D eigenvalue weighted by Gasteiger charge is 2.07. The molecule has 0 aliphatic rings. The predicted molar refractivity (Wildman–Crippen MR) is 77.1 cm³/mol. The molecule has 0 aliphatic carbocycles. The molecule has 0 saturated carbocycles. The van der Waals surface area contributed by atoms with Crippen LogP contribution in [0.3, 0.4) is 0 Å². The first-order valence-electron chi connectivity index (χ1n) is 6.33. The monoisotopic (exact) mass is 307 g/mol. The van der Waals surface area contributed by atoms with E-state index in [1.54, 1.807) is 12.1 Å². The molecule has 2 aromatic carbocycles. The quantitative estimate of drug-likeness (QED) is 0.845. The fourth-order valence-corrected chi connectivity index (χ4v) is 1.74. The zero-order valence-electron chi connectivity index (χ0n) is 11.3. The zero-order valence-corrected chi connectivity index (χ0v) is 11.3. The second kappa shape index (κ2) is 7.31. The van der Waals surface area contributed by atoms with Gasteiger partial charge >= 0.3 is 6.61 Å². The van der Waals surface area contributed by atoms with Crippen molar-refractivity contribution < 1.29 is 22.7 Å². The van der Waals surface area contributed by atoms with Gasteiger partial charge in [-0.2, -0.15) is 8.78 Å². The molecule has 2 aromatic rings. The summed E-state index contributed by atoms with van der Waals surface area (Å²) >= 11 is 0.